The Balaban J connectivity index is 1.29. The Hall–Kier alpha value is -3.58. The number of aromatic nitrogens is 1. The van der Waals surface area contributed by atoms with Gasteiger partial charge in [-0.1, -0.05) is 65.9 Å². The highest BCUT2D eigenvalue weighted by molar-refractivity contribution is 7.99. The van der Waals surface area contributed by atoms with Crippen LogP contribution >= 0.6 is 11.8 Å². The van der Waals surface area contributed by atoms with Crippen LogP contribution in [0, 0.1) is 6.92 Å². The van der Waals surface area contributed by atoms with Crippen molar-refractivity contribution in [3.05, 3.63) is 89.5 Å². The van der Waals surface area contributed by atoms with Gasteiger partial charge >= 0.3 is 0 Å². The predicted molar refractivity (Wildman–Crippen MR) is 122 cm³/mol. The number of para-hydroxylation sites is 3. The molecule has 4 rings (SSSR count). The van der Waals surface area contributed by atoms with Crippen LogP contribution in [0.15, 0.2) is 87.5 Å². The smallest absolute Gasteiger partial charge is 0.257 e. The maximum atomic E-state index is 12.1. The minimum atomic E-state index is -0.249. The van der Waals surface area contributed by atoms with Crippen LogP contribution in [-0.4, -0.2) is 22.9 Å². The number of hydrogen-bond donors (Lipinski definition) is 1. The summed E-state index contributed by atoms with van der Waals surface area (Å²) in [7, 11) is 0. The van der Waals surface area contributed by atoms with E-state index in [0.717, 1.165) is 16.6 Å². The zero-order valence-corrected chi connectivity index (χ0v) is 17.8. The molecule has 0 aliphatic rings. The number of hydrazone groups is 1. The Bertz CT molecular complexity index is 1170. The Morgan fingerprint density at radius 2 is 1.87 bits per heavy atom. The van der Waals surface area contributed by atoms with Crippen LogP contribution < -0.4 is 10.2 Å². The third-order valence-electron chi connectivity index (χ3n) is 4.43. The average molecular weight is 432 g/mol. The fourth-order valence-corrected chi connectivity index (χ4v) is 3.44. The molecule has 4 aromatic rings. The molecular weight excluding hydrogens is 410 g/mol. The first-order valence-corrected chi connectivity index (χ1v) is 10.7. The number of carbonyl (C=O) groups is 1. The van der Waals surface area contributed by atoms with Crippen molar-refractivity contribution in [2.45, 2.75) is 18.8 Å². The minimum Gasteiger partial charge on any atom is -0.488 e. The number of hydrogen-bond acceptors (Lipinski definition) is 6. The lowest BCUT2D eigenvalue weighted by Crippen LogP contribution is -2.19. The molecule has 0 saturated heterocycles. The molecular formula is C24H21N3O3S. The Labute approximate surface area is 184 Å². The summed E-state index contributed by atoms with van der Waals surface area (Å²) in [6, 6.07) is 23.2. The molecule has 7 heteroatoms. The van der Waals surface area contributed by atoms with Gasteiger partial charge in [-0.2, -0.15) is 5.10 Å². The number of benzene rings is 3. The lowest BCUT2D eigenvalue weighted by Gasteiger charge is -2.09. The minimum absolute atomic E-state index is 0.149. The summed E-state index contributed by atoms with van der Waals surface area (Å²) >= 11 is 1.22. The topological polar surface area (TPSA) is 76.7 Å². The van der Waals surface area contributed by atoms with Gasteiger partial charge in [-0.3, -0.25) is 4.79 Å². The molecule has 0 unspecified atom stereocenters. The predicted octanol–water partition coefficient (Wildman–Crippen LogP) is 4.96. The van der Waals surface area contributed by atoms with Gasteiger partial charge in [-0.05, 0) is 36.8 Å². The molecule has 1 N–H and O–H groups in total. The van der Waals surface area contributed by atoms with Crippen molar-refractivity contribution < 1.29 is 13.9 Å². The molecule has 6 nitrogen and oxygen atoms in total. The van der Waals surface area contributed by atoms with Crippen LogP contribution in [-0.2, 0) is 11.4 Å². The zero-order valence-electron chi connectivity index (χ0n) is 16.9. The highest BCUT2D eigenvalue weighted by atomic mass is 32.2. The molecule has 0 atom stereocenters. The van der Waals surface area contributed by atoms with E-state index in [2.05, 4.69) is 34.6 Å². The fourth-order valence-electron chi connectivity index (χ4n) is 2.81. The van der Waals surface area contributed by atoms with E-state index in [1.54, 1.807) is 6.21 Å². The quantitative estimate of drug-likeness (QED) is 0.242. The lowest BCUT2D eigenvalue weighted by atomic mass is 10.1. The van der Waals surface area contributed by atoms with Gasteiger partial charge in [0.1, 0.15) is 17.9 Å². The number of amides is 1. The summed E-state index contributed by atoms with van der Waals surface area (Å²) in [4.78, 5) is 16.4. The summed E-state index contributed by atoms with van der Waals surface area (Å²) in [6.07, 6.45) is 1.58. The summed E-state index contributed by atoms with van der Waals surface area (Å²) < 4.78 is 11.5. The van der Waals surface area contributed by atoms with Crippen molar-refractivity contribution in [1.82, 2.24) is 10.4 Å². The maximum Gasteiger partial charge on any atom is 0.257 e. The summed E-state index contributed by atoms with van der Waals surface area (Å²) in [5.74, 6) is 0.596. The number of oxazole rings is 1. The van der Waals surface area contributed by atoms with E-state index in [1.807, 2.05) is 60.7 Å². The summed E-state index contributed by atoms with van der Waals surface area (Å²) in [6.45, 7) is 2.51. The van der Waals surface area contributed by atoms with Crippen molar-refractivity contribution >= 4 is 35.0 Å². The second kappa shape index (κ2) is 9.95. The van der Waals surface area contributed by atoms with Gasteiger partial charge in [-0.25, -0.2) is 10.4 Å². The number of fused-ring (bicyclic) bond motifs is 1. The molecule has 1 aromatic heterocycles. The van der Waals surface area contributed by atoms with Crippen LogP contribution in [0.1, 0.15) is 16.7 Å². The van der Waals surface area contributed by atoms with Gasteiger partial charge in [0.2, 0.25) is 0 Å². The molecule has 0 radical (unpaired) electrons. The van der Waals surface area contributed by atoms with E-state index in [0.29, 0.717) is 23.2 Å². The fraction of sp³-hybridized carbons (Fsp3) is 0.125. The number of nitrogens with one attached hydrogen (secondary N) is 1. The standard InChI is InChI=1S/C24H21N3O3S/c1-17-10-12-18(13-11-17)15-29-21-8-4-2-6-19(21)14-25-27-23(28)16-31-24-26-20-7-3-5-9-22(20)30-24/h2-14H,15-16H2,1H3,(H,27,28)/b25-14-. The number of ether oxygens (including phenoxy) is 1. The Morgan fingerprint density at radius 1 is 1.10 bits per heavy atom. The molecule has 0 saturated carbocycles. The summed E-state index contributed by atoms with van der Waals surface area (Å²) in [5, 5.41) is 4.51. The third-order valence-corrected chi connectivity index (χ3v) is 5.26. The zero-order chi connectivity index (χ0) is 21.5. The van der Waals surface area contributed by atoms with Crippen molar-refractivity contribution in [3.8, 4) is 5.75 Å². The summed E-state index contributed by atoms with van der Waals surface area (Å²) in [5.41, 5.74) is 7.07. The van der Waals surface area contributed by atoms with Gasteiger partial charge in [0.15, 0.2) is 5.58 Å². The number of thioether (sulfide) groups is 1. The molecule has 0 bridgehead atoms. The highest BCUT2D eigenvalue weighted by Crippen LogP contribution is 2.23. The molecule has 1 amide bonds. The van der Waals surface area contributed by atoms with E-state index >= 15 is 0 Å². The molecule has 156 valence electrons. The highest BCUT2D eigenvalue weighted by Gasteiger charge is 2.08. The Kier molecular flexibility index (Phi) is 6.64. The molecule has 0 aliphatic carbocycles. The van der Waals surface area contributed by atoms with E-state index in [1.165, 1.54) is 17.3 Å². The van der Waals surface area contributed by atoms with Gasteiger partial charge in [0.25, 0.3) is 11.1 Å². The van der Waals surface area contributed by atoms with Crippen LogP contribution in [0.25, 0.3) is 11.1 Å². The van der Waals surface area contributed by atoms with Crippen LogP contribution in [0.4, 0.5) is 0 Å². The number of rotatable bonds is 8. The molecule has 0 aliphatic heterocycles. The van der Waals surface area contributed by atoms with E-state index < -0.39 is 0 Å². The maximum absolute atomic E-state index is 12.1. The lowest BCUT2D eigenvalue weighted by molar-refractivity contribution is -0.118. The first-order valence-electron chi connectivity index (χ1n) is 9.75. The van der Waals surface area contributed by atoms with Crippen molar-refractivity contribution in [3.63, 3.8) is 0 Å². The first kappa shape index (κ1) is 20.7. The molecule has 0 spiro atoms. The van der Waals surface area contributed by atoms with Gasteiger partial charge in [-0.15, -0.1) is 0 Å². The first-order chi connectivity index (χ1) is 15.2. The van der Waals surface area contributed by atoms with Crippen molar-refractivity contribution in [1.29, 1.82) is 0 Å². The molecule has 3 aromatic carbocycles. The SMILES string of the molecule is Cc1ccc(COc2ccccc2/C=N\NC(=O)CSc2nc3ccccc3o2)cc1. The van der Waals surface area contributed by atoms with Gasteiger partial charge in [0, 0.05) is 5.56 Å². The van der Waals surface area contributed by atoms with Crippen LogP contribution in [0.5, 0.6) is 5.75 Å². The second-order valence-corrected chi connectivity index (χ2v) is 7.77. The second-order valence-electron chi connectivity index (χ2n) is 6.84. The Morgan fingerprint density at radius 3 is 2.71 bits per heavy atom. The molecule has 0 fully saturated rings. The monoisotopic (exact) mass is 431 g/mol. The van der Waals surface area contributed by atoms with E-state index in [9.17, 15) is 4.79 Å². The van der Waals surface area contributed by atoms with Crippen LogP contribution in [0.2, 0.25) is 0 Å². The van der Waals surface area contributed by atoms with Gasteiger partial charge < -0.3 is 9.15 Å². The van der Waals surface area contributed by atoms with Crippen LogP contribution in [0.3, 0.4) is 0 Å². The molecule has 31 heavy (non-hydrogen) atoms. The number of nitrogens with zero attached hydrogens (tertiary/aromatic N) is 2. The van der Waals surface area contributed by atoms with Gasteiger partial charge in [0.05, 0.1) is 12.0 Å². The number of carbonyl (C=O) groups excluding carboxylic acids is 1. The third kappa shape index (κ3) is 5.73. The van der Waals surface area contributed by atoms with Crippen molar-refractivity contribution in [2.75, 3.05) is 5.75 Å². The van der Waals surface area contributed by atoms with Crippen molar-refractivity contribution in [2.24, 2.45) is 5.10 Å². The largest absolute Gasteiger partial charge is 0.488 e. The normalized spacial score (nSPS) is 11.1. The van der Waals surface area contributed by atoms with E-state index in [-0.39, 0.29) is 11.7 Å². The van der Waals surface area contributed by atoms with E-state index in [4.69, 9.17) is 9.15 Å². The number of aryl methyl sites for hydroxylation is 1. The average Bonchev–Trinajstić information content (AvgIpc) is 3.21. The molecule has 1 heterocycles.